The maximum atomic E-state index is 15.2. The van der Waals surface area contributed by atoms with Gasteiger partial charge in [-0.25, -0.2) is 14.2 Å². The number of nitrogens with zero attached hydrogens (tertiary/aromatic N) is 5. The van der Waals surface area contributed by atoms with Crippen LogP contribution in [-0.2, 0) is 70.1 Å². The highest BCUT2D eigenvalue weighted by Gasteiger charge is 2.49. The van der Waals surface area contributed by atoms with Crippen LogP contribution < -0.4 is 20.9 Å². The number of hydrogen-bond donors (Lipinski definition) is 2. The molecule has 2 aromatic carbocycles. The van der Waals surface area contributed by atoms with Crippen molar-refractivity contribution in [2.24, 2.45) is 0 Å². The number of likely N-dealkylation sites (N-methyl/N-ethyl adjacent to an activating group) is 1. The molecule has 18 heteroatoms. The molecule has 0 unspecified atom stereocenters. The number of carbonyl (C=O) groups is 6. The zero-order valence-electron chi connectivity index (χ0n) is 36.0. The second kappa shape index (κ2) is 17.4. The van der Waals surface area contributed by atoms with Gasteiger partial charge in [0.1, 0.15) is 19.2 Å². The molecule has 0 spiro atoms. The highest BCUT2D eigenvalue weighted by atomic mass is 19.1. The molecule has 4 aliphatic rings. The molecule has 0 radical (unpaired) electrons. The first-order chi connectivity index (χ1) is 30.7. The first-order valence-corrected chi connectivity index (χ1v) is 21.2. The van der Waals surface area contributed by atoms with Crippen molar-refractivity contribution in [2.75, 3.05) is 52.2 Å². The number of esters is 1. The standard InChI is InChI=1S/C46H48FN7O10/c1-5-46(64-26-55)34-20-37-42-32(23-53(37)44(60)33(34)25-63-45(46)61)31(30-19-38(62-4)35(47)21-36(30)50-42)22-51-15-17-54(3,18-16-51)24-28-8-10-29(11-9-28)49-43(59)27(2)48-39(56)7-6-14-52-40(57)12-13-41(52)58/h8-13,19-21,26-27H,5-7,14-18,22-25H2,1-4H3,(H-,48,49,56,59)/p+1/t27-,46-/m0/s1. The predicted octanol–water partition coefficient (Wildman–Crippen LogP) is 3.02. The van der Waals surface area contributed by atoms with Crippen molar-refractivity contribution in [3.63, 3.8) is 0 Å². The molecule has 64 heavy (non-hydrogen) atoms. The zero-order valence-corrected chi connectivity index (χ0v) is 36.0. The number of imide groups is 1. The lowest BCUT2D eigenvalue weighted by atomic mass is 9.85. The number of methoxy groups -OCH3 is 1. The van der Waals surface area contributed by atoms with Gasteiger partial charge in [-0.1, -0.05) is 19.1 Å². The monoisotopic (exact) mass is 878 g/mol. The number of ether oxygens (including phenoxy) is 3. The van der Waals surface area contributed by atoms with E-state index < -0.39 is 35.2 Å². The molecule has 2 N–H and O–H groups in total. The molecule has 1 fully saturated rings. The van der Waals surface area contributed by atoms with Crippen LogP contribution in [0, 0.1) is 5.82 Å². The molecule has 4 amide bonds. The van der Waals surface area contributed by atoms with E-state index in [-0.39, 0.29) is 79.7 Å². The molecule has 6 heterocycles. The van der Waals surface area contributed by atoms with E-state index in [4.69, 9.17) is 19.2 Å². The number of fused-ring (bicyclic) bond motifs is 5. The van der Waals surface area contributed by atoms with Gasteiger partial charge in [0, 0.05) is 78.6 Å². The Morgan fingerprint density at radius 3 is 2.44 bits per heavy atom. The molecule has 0 saturated carbocycles. The average Bonchev–Trinajstić information content (AvgIpc) is 3.80. The number of quaternary nitrogens is 1. The first kappa shape index (κ1) is 43.8. The summed E-state index contributed by atoms with van der Waals surface area (Å²) in [7, 11) is 3.60. The first-order valence-electron chi connectivity index (χ1n) is 21.2. The largest absolute Gasteiger partial charge is 0.494 e. The van der Waals surface area contributed by atoms with Gasteiger partial charge in [0.2, 0.25) is 17.4 Å². The minimum absolute atomic E-state index is 0.0461. The van der Waals surface area contributed by atoms with Gasteiger partial charge in [0.25, 0.3) is 23.8 Å². The molecule has 8 rings (SSSR count). The summed E-state index contributed by atoms with van der Waals surface area (Å²) in [5.74, 6) is -2.82. The van der Waals surface area contributed by atoms with Gasteiger partial charge in [-0.3, -0.25) is 38.6 Å². The highest BCUT2D eigenvalue weighted by molar-refractivity contribution is 6.12. The number of nitrogens with one attached hydrogen (secondary N) is 2. The average molecular weight is 879 g/mol. The maximum absolute atomic E-state index is 15.2. The van der Waals surface area contributed by atoms with E-state index in [9.17, 15) is 33.6 Å². The molecule has 2 aromatic heterocycles. The quantitative estimate of drug-likeness (QED) is 0.0677. The number of halogens is 1. The fourth-order valence-electron chi connectivity index (χ4n) is 9.11. The number of carbonyl (C=O) groups excluding carboxylic acids is 6. The lowest BCUT2D eigenvalue weighted by Crippen LogP contribution is -2.56. The number of cyclic esters (lactones) is 1. The lowest BCUT2D eigenvalue weighted by Gasteiger charge is -2.42. The van der Waals surface area contributed by atoms with Crippen LogP contribution in [0.5, 0.6) is 5.75 Å². The van der Waals surface area contributed by atoms with Crippen LogP contribution in [0.4, 0.5) is 10.1 Å². The fraction of sp³-hybridized carbons (Fsp3) is 0.391. The minimum atomic E-state index is -1.79. The van der Waals surface area contributed by atoms with E-state index >= 15 is 4.39 Å². The van der Waals surface area contributed by atoms with Crippen LogP contribution in [0.25, 0.3) is 22.3 Å². The van der Waals surface area contributed by atoms with Crippen LogP contribution in [0.15, 0.2) is 59.4 Å². The Labute approximate surface area is 367 Å². The van der Waals surface area contributed by atoms with Gasteiger partial charge in [-0.2, -0.15) is 0 Å². The van der Waals surface area contributed by atoms with Gasteiger partial charge in [0.05, 0.1) is 56.3 Å². The Hall–Kier alpha value is -6.79. The molecule has 17 nitrogen and oxygen atoms in total. The number of aromatic nitrogens is 2. The number of anilines is 1. The Bertz CT molecular complexity index is 2670. The third-order valence-corrected chi connectivity index (χ3v) is 12.8. The predicted molar refractivity (Wildman–Crippen MR) is 229 cm³/mol. The van der Waals surface area contributed by atoms with Crippen molar-refractivity contribution in [3.05, 3.63) is 98.6 Å². The summed E-state index contributed by atoms with van der Waals surface area (Å²) >= 11 is 0. The molecule has 4 aliphatic heterocycles. The van der Waals surface area contributed by atoms with Crippen molar-refractivity contribution < 1.29 is 51.9 Å². The van der Waals surface area contributed by atoms with Crippen molar-refractivity contribution >= 4 is 52.7 Å². The Morgan fingerprint density at radius 2 is 1.77 bits per heavy atom. The minimum Gasteiger partial charge on any atom is -0.494 e. The molecular formula is C46H49FN7O10+. The van der Waals surface area contributed by atoms with Gasteiger partial charge in [-0.15, -0.1) is 0 Å². The van der Waals surface area contributed by atoms with Gasteiger partial charge in [-0.05, 0) is 49.6 Å². The van der Waals surface area contributed by atoms with Crippen molar-refractivity contribution in [2.45, 2.75) is 71.0 Å². The molecule has 334 valence electrons. The third-order valence-electron chi connectivity index (χ3n) is 12.8. The molecule has 1 saturated heterocycles. The number of rotatable bonds is 15. The normalized spacial score (nSPS) is 19.1. The topological polar surface area (TPSA) is 196 Å². The number of amides is 4. The van der Waals surface area contributed by atoms with Gasteiger partial charge < -0.3 is 33.9 Å². The van der Waals surface area contributed by atoms with E-state index in [0.29, 0.717) is 34.5 Å². The van der Waals surface area contributed by atoms with Crippen LogP contribution in [-0.4, -0.2) is 113 Å². The zero-order chi connectivity index (χ0) is 45.5. The fourth-order valence-corrected chi connectivity index (χ4v) is 9.11. The molecule has 4 aromatic rings. The Morgan fingerprint density at radius 1 is 1.05 bits per heavy atom. The summed E-state index contributed by atoms with van der Waals surface area (Å²) < 4.78 is 33.7. The van der Waals surface area contributed by atoms with E-state index in [2.05, 4.69) is 22.6 Å². The van der Waals surface area contributed by atoms with Crippen molar-refractivity contribution in [1.29, 1.82) is 0 Å². The number of benzene rings is 2. The summed E-state index contributed by atoms with van der Waals surface area (Å²) in [5.41, 5.74) is 2.95. The second-order valence-corrected chi connectivity index (χ2v) is 16.9. The van der Waals surface area contributed by atoms with Crippen molar-refractivity contribution in [3.8, 4) is 17.1 Å². The summed E-state index contributed by atoms with van der Waals surface area (Å²) in [6, 6.07) is 11.4. The summed E-state index contributed by atoms with van der Waals surface area (Å²) in [6.45, 7) is 7.82. The van der Waals surface area contributed by atoms with Gasteiger partial charge in [0.15, 0.2) is 11.6 Å². The maximum Gasteiger partial charge on any atom is 0.355 e. The molecule has 0 bridgehead atoms. The van der Waals surface area contributed by atoms with Crippen LogP contribution in [0.3, 0.4) is 0 Å². The van der Waals surface area contributed by atoms with E-state index in [1.807, 2.05) is 24.3 Å². The Balaban J connectivity index is 0.933. The van der Waals surface area contributed by atoms with Crippen LogP contribution in [0.1, 0.15) is 60.9 Å². The molecular weight excluding hydrogens is 830 g/mol. The molecule has 2 atom stereocenters. The van der Waals surface area contributed by atoms with E-state index in [1.54, 1.807) is 30.5 Å². The SMILES string of the molecule is CC[C@@]1(OC=O)C(=O)OCc2c1cc1n(c2=O)Cc2c-1nc1cc(F)c(OC)cc1c2CN1CC[N+](C)(Cc2ccc(NC(=O)[C@H](C)NC(=O)CCCN3C(=O)C=CC3=O)cc2)CC1. The Kier molecular flexibility index (Phi) is 11.9. The van der Waals surface area contributed by atoms with E-state index in [1.165, 1.54) is 25.3 Å². The highest BCUT2D eigenvalue weighted by Crippen LogP contribution is 2.42. The number of hydrogen-bond acceptors (Lipinski definition) is 12. The summed E-state index contributed by atoms with van der Waals surface area (Å²) in [6.07, 6.45) is 2.77. The van der Waals surface area contributed by atoms with Gasteiger partial charge >= 0.3 is 5.97 Å². The summed E-state index contributed by atoms with van der Waals surface area (Å²) in [5, 5.41) is 6.21. The van der Waals surface area contributed by atoms with E-state index in [0.717, 1.165) is 58.8 Å². The summed E-state index contributed by atoms with van der Waals surface area (Å²) in [4.78, 5) is 95.9. The van der Waals surface area contributed by atoms with Crippen LogP contribution in [0.2, 0.25) is 0 Å². The third kappa shape index (κ3) is 8.14. The second-order valence-electron chi connectivity index (χ2n) is 16.9. The number of piperazine rings is 1. The smallest absolute Gasteiger partial charge is 0.355 e. The van der Waals surface area contributed by atoms with Crippen LogP contribution >= 0.6 is 0 Å². The molecule has 0 aliphatic carbocycles. The van der Waals surface area contributed by atoms with Crippen molar-refractivity contribution in [1.82, 2.24) is 24.7 Å². The lowest BCUT2D eigenvalue weighted by molar-refractivity contribution is -0.926. The number of pyridine rings is 2.